The number of nitro benzene ring substituents is 1. The van der Waals surface area contributed by atoms with Crippen LogP contribution in [0.2, 0.25) is 0 Å². The Labute approximate surface area is 173 Å². The summed E-state index contributed by atoms with van der Waals surface area (Å²) in [5.74, 6) is -0.366. The molecule has 0 bridgehead atoms. The molecule has 0 saturated heterocycles. The second kappa shape index (κ2) is 8.47. The summed E-state index contributed by atoms with van der Waals surface area (Å²) in [6.07, 6.45) is 0. The molecular weight excluding hydrogens is 408 g/mol. The number of hydrogen-bond acceptors (Lipinski definition) is 6. The van der Waals surface area contributed by atoms with E-state index in [9.17, 15) is 23.3 Å². The van der Waals surface area contributed by atoms with Crippen molar-refractivity contribution in [2.75, 3.05) is 30.9 Å². The number of nitro groups is 1. The van der Waals surface area contributed by atoms with E-state index in [1.54, 1.807) is 6.07 Å². The van der Waals surface area contributed by atoms with Gasteiger partial charge < -0.3 is 10.2 Å². The van der Waals surface area contributed by atoms with Crippen molar-refractivity contribution in [2.45, 2.75) is 4.90 Å². The average Bonchev–Trinajstić information content (AvgIpc) is 2.73. The first-order chi connectivity index (χ1) is 14.2. The van der Waals surface area contributed by atoms with Crippen LogP contribution >= 0.6 is 0 Å². The molecule has 0 aliphatic carbocycles. The number of nitrogens with zero attached hydrogens (tertiary/aromatic N) is 2. The Kier molecular flexibility index (Phi) is 5.99. The summed E-state index contributed by atoms with van der Waals surface area (Å²) in [7, 11) is -1.09. The number of likely N-dealkylation sites (N-methyl/N-ethyl adjacent to an activating group) is 1. The Morgan fingerprint density at radius 1 is 1.10 bits per heavy atom. The third kappa shape index (κ3) is 4.39. The highest BCUT2D eigenvalue weighted by Crippen LogP contribution is 2.30. The number of carbonyl (C=O) groups is 1. The SMILES string of the molecule is CNS(=O)(=O)c1ccc(N(C)CC(=O)Nc2cccc3ccccc23)c([N+](=O)[O-])c1. The lowest BCUT2D eigenvalue weighted by Crippen LogP contribution is -2.30. The highest BCUT2D eigenvalue weighted by atomic mass is 32.2. The summed E-state index contributed by atoms with van der Waals surface area (Å²) in [6.45, 7) is -0.164. The number of carbonyl (C=O) groups excluding carboxylic acids is 1. The van der Waals surface area contributed by atoms with E-state index in [0.717, 1.165) is 16.8 Å². The summed E-state index contributed by atoms with van der Waals surface area (Å²) >= 11 is 0. The first-order valence-electron chi connectivity index (χ1n) is 8.93. The number of benzene rings is 3. The van der Waals surface area contributed by atoms with Gasteiger partial charge in [0, 0.05) is 24.2 Å². The molecule has 156 valence electrons. The topological polar surface area (TPSA) is 122 Å². The van der Waals surface area contributed by atoms with Crippen molar-refractivity contribution in [1.29, 1.82) is 0 Å². The minimum absolute atomic E-state index is 0.128. The van der Waals surface area contributed by atoms with E-state index in [0.29, 0.717) is 5.69 Å². The number of fused-ring (bicyclic) bond motifs is 1. The zero-order chi connectivity index (χ0) is 21.9. The molecule has 0 unspecified atom stereocenters. The maximum Gasteiger partial charge on any atom is 0.293 e. The standard InChI is InChI=1S/C20H20N4O5S/c1-21-30(28,29)15-10-11-18(19(12-15)24(26)27)23(2)13-20(25)22-17-9-5-7-14-6-3-4-8-16(14)17/h3-12,21H,13H2,1-2H3,(H,22,25). The van der Waals surface area contributed by atoms with Crippen molar-refractivity contribution in [3.05, 3.63) is 70.8 Å². The molecule has 0 radical (unpaired) electrons. The summed E-state index contributed by atoms with van der Waals surface area (Å²) in [6, 6.07) is 16.7. The lowest BCUT2D eigenvalue weighted by molar-refractivity contribution is -0.384. The van der Waals surface area contributed by atoms with E-state index in [4.69, 9.17) is 0 Å². The molecule has 0 atom stereocenters. The van der Waals surface area contributed by atoms with Crippen molar-refractivity contribution in [3.8, 4) is 0 Å². The third-order valence-corrected chi connectivity index (χ3v) is 5.99. The molecule has 0 spiro atoms. The van der Waals surface area contributed by atoms with Crippen LogP contribution in [0, 0.1) is 10.1 Å². The zero-order valence-electron chi connectivity index (χ0n) is 16.3. The Morgan fingerprint density at radius 3 is 2.50 bits per heavy atom. The predicted molar refractivity (Wildman–Crippen MR) is 115 cm³/mol. The Bertz CT molecular complexity index is 1220. The van der Waals surface area contributed by atoms with Gasteiger partial charge in [-0.3, -0.25) is 14.9 Å². The molecule has 0 aromatic heterocycles. The van der Waals surface area contributed by atoms with Crippen LogP contribution in [0.5, 0.6) is 0 Å². The molecule has 0 saturated carbocycles. The summed E-state index contributed by atoms with van der Waals surface area (Å²) in [5.41, 5.74) is 0.353. The van der Waals surface area contributed by atoms with Crippen LogP contribution in [0.3, 0.4) is 0 Å². The number of nitrogens with one attached hydrogen (secondary N) is 2. The second-order valence-corrected chi connectivity index (χ2v) is 8.43. The van der Waals surface area contributed by atoms with Crippen LogP contribution in [0.25, 0.3) is 10.8 Å². The number of anilines is 2. The lowest BCUT2D eigenvalue weighted by atomic mass is 10.1. The van der Waals surface area contributed by atoms with Crippen LogP contribution in [-0.4, -0.2) is 39.9 Å². The molecule has 9 nitrogen and oxygen atoms in total. The molecule has 30 heavy (non-hydrogen) atoms. The molecule has 2 N–H and O–H groups in total. The van der Waals surface area contributed by atoms with Crippen molar-refractivity contribution in [3.63, 3.8) is 0 Å². The maximum atomic E-state index is 12.6. The van der Waals surface area contributed by atoms with Crippen LogP contribution < -0.4 is 14.9 Å². The van der Waals surface area contributed by atoms with Gasteiger partial charge in [0.05, 0.1) is 16.4 Å². The molecule has 0 heterocycles. The first kappa shape index (κ1) is 21.2. The Morgan fingerprint density at radius 2 is 1.80 bits per heavy atom. The van der Waals surface area contributed by atoms with Gasteiger partial charge in [-0.05, 0) is 30.6 Å². The van der Waals surface area contributed by atoms with Crippen molar-refractivity contribution < 1.29 is 18.1 Å². The van der Waals surface area contributed by atoms with E-state index in [1.807, 2.05) is 36.4 Å². The number of hydrogen-bond donors (Lipinski definition) is 2. The maximum absolute atomic E-state index is 12.6. The second-order valence-electron chi connectivity index (χ2n) is 6.55. The van der Waals surface area contributed by atoms with Gasteiger partial charge in [0.25, 0.3) is 5.69 Å². The zero-order valence-corrected chi connectivity index (χ0v) is 17.1. The predicted octanol–water partition coefficient (Wildman–Crippen LogP) is 2.73. The summed E-state index contributed by atoms with van der Waals surface area (Å²) in [4.78, 5) is 24.5. The summed E-state index contributed by atoms with van der Waals surface area (Å²) in [5, 5.41) is 16.2. The van der Waals surface area contributed by atoms with Gasteiger partial charge in [0.15, 0.2) is 0 Å². The van der Waals surface area contributed by atoms with Crippen LogP contribution in [0.1, 0.15) is 0 Å². The molecule has 10 heteroatoms. The fourth-order valence-corrected chi connectivity index (χ4v) is 3.83. The quantitative estimate of drug-likeness (QED) is 0.441. The average molecular weight is 428 g/mol. The van der Waals surface area contributed by atoms with E-state index in [-0.39, 0.29) is 23.0 Å². The molecule has 3 aromatic rings. The Balaban J connectivity index is 1.83. The van der Waals surface area contributed by atoms with Gasteiger partial charge in [0.2, 0.25) is 15.9 Å². The normalized spacial score (nSPS) is 11.3. The van der Waals surface area contributed by atoms with E-state index >= 15 is 0 Å². The van der Waals surface area contributed by atoms with E-state index in [1.165, 1.54) is 31.1 Å². The molecule has 3 rings (SSSR count). The van der Waals surface area contributed by atoms with Gasteiger partial charge in [-0.25, -0.2) is 13.1 Å². The molecule has 0 fully saturated rings. The van der Waals surface area contributed by atoms with Crippen molar-refractivity contribution >= 4 is 43.8 Å². The fourth-order valence-electron chi connectivity index (χ4n) is 3.08. The van der Waals surface area contributed by atoms with E-state index < -0.39 is 20.6 Å². The fraction of sp³-hybridized carbons (Fsp3) is 0.150. The van der Waals surface area contributed by atoms with Gasteiger partial charge in [-0.2, -0.15) is 0 Å². The summed E-state index contributed by atoms with van der Waals surface area (Å²) < 4.78 is 26.0. The van der Waals surface area contributed by atoms with Crippen molar-refractivity contribution in [2.24, 2.45) is 0 Å². The monoisotopic (exact) mass is 428 g/mol. The number of sulfonamides is 1. The molecular formula is C20H20N4O5S. The van der Waals surface area contributed by atoms with Gasteiger partial charge in [-0.1, -0.05) is 36.4 Å². The van der Waals surface area contributed by atoms with Crippen LogP contribution in [0.4, 0.5) is 17.1 Å². The van der Waals surface area contributed by atoms with Crippen LogP contribution in [0.15, 0.2) is 65.6 Å². The van der Waals surface area contributed by atoms with Crippen molar-refractivity contribution in [1.82, 2.24) is 4.72 Å². The smallest absolute Gasteiger partial charge is 0.293 e. The lowest BCUT2D eigenvalue weighted by Gasteiger charge is -2.19. The molecule has 0 aliphatic heterocycles. The number of rotatable bonds is 7. The van der Waals surface area contributed by atoms with Gasteiger partial charge in [0.1, 0.15) is 5.69 Å². The molecule has 1 amide bonds. The number of amides is 1. The van der Waals surface area contributed by atoms with E-state index in [2.05, 4.69) is 10.0 Å². The van der Waals surface area contributed by atoms with Gasteiger partial charge >= 0.3 is 0 Å². The Hall–Kier alpha value is -3.50. The minimum atomic E-state index is -3.83. The third-order valence-electron chi connectivity index (χ3n) is 4.58. The largest absolute Gasteiger partial charge is 0.360 e. The minimum Gasteiger partial charge on any atom is -0.360 e. The first-order valence-corrected chi connectivity index (χ1v) is 10.4. The highest BCUT2D eigenvalue weighted by molar-refractivity contribution is 7.89. The molecule has 0 aliphatic rings. The van der Waals surface area contributed by atoms with Crippen LogP contribution in [-0.2, 0) is 14.8 Å². The highest BCUT2D eigenvalue weighted by Gasteiger charge is 2.23. The molecule has 3 aromatic carbocycles. The van der Waals surface area contributed by atoms with Gasteiger partial charge in [-0.15, -0.1) is 0 Å².